The lowest BCUT2D eigenvalue weighted by Gasteiger charge is -2.24. The van der Waals surface area contributed by atoms with E-state index in [2.05, 4.69) is 0 Å². The number of benzene rings is 1. The molecule has 0 aliphatic carbocycles. The second kappa shape index (κ2) is 4.22. The van der Waals surface area contributed by atoms with Gasteiger partial charge in [-0.25, -0.2) is 4.79 Å². The largest absolute Gasteiger partial charge is 0.506 e. The van der Waals surface area contributed by atoms with Crippen molar-refractivity contribution in [2.75, 3.05) is 11.4 Å². The molecule has 2 rings (SSSR count). The summed E-state index contributed by atoms with van der Waals surface area (Å²) in [6.07, 6.45) is 1.43. The van der Waals surface area contributed by atoms with E-state index in [9.17, 15) is 9.90 Å². The molecule has 0 radical (unpaired) electrons. The minimum atomic E-state index is -0.850. The first-order valence-electron chi connectivity index (χ1n) is 5.08. The van der Waals surface area contributed by atoms with Gasteiger partial charge in [-0.1, -0.05) is 17.7 Å². The predicted molar refractivity (Wildman–Crippen MR) is 61.1 cm³/mol. The van der Waals surface area contributed by atoms with E-state index >= 15 is 0 Å². The number of halogens is 1. The van der Waals surface area contributed by atoms with Crippen molar-refractivity contribution >= 4 is 23.3 Å². The quantitative estimate of drug-likeness (QED) is 0.833. The van der Waals surface area contributed by atoms with Crippen LogP contribution in [0.2, 0.25) is 5.02 Å². The van der Waals surface area contributed by atoms with Gasteiger partial charge in [0.1, 0.15) is 16.8 Å². The van der Waals surface area contributed by atoms with Crippen LogP contribution in [0.5, 0.6) is 5.75 Å². The van der Waals surface area contributed by atoms with Crippen molar-refractivity contribution < 1.29 is 15.0 Å². The number of rotatable bonds is 2. The van der Waals surface area contributed by atoms with E-state index in [-0.39, 0.29) is 10.8 Å². The number of phenolic OH excluding ortho intramolecular Hbond substituents is 1. The van der Waals surface area contributed by atoms with E-state index in [1.54, 1.807) is 17.0 Å². The molecule has 2 N–H and O–H groups in total. The first-order chi connectivity index (χ1) is 7.61. The van der Waals surface area contributed by atoms with E-state index < -0.39 is 12.0 Å². The number of hydrogen-bond acceptors (Lipinski definition) is 3. The van der Waals surface area contributed by atoms with Gasteiger partial charge in [0, 0.05) is 6.54 Å². The molecule has 86 valence electrons. The Morgan fingerprint density at radius 3 is 2.94 bits per heavy atom. The summed E-state index contributed by atoms with van der Waals surface area (Å²) in [6, 6.07) is 4.33. The van der Waals surface area contributed by atoms with Gasteiger partial charge in [-0.2, -0.15) is 0 Å². The SMILES string of the molecule is O=C(O)C1CCCN1c1cccc(O)c1Cl. The smallest absolute Gasteiger partial charge is 0.326 e. The molecular weight excluding hydrogens is 230 g/mol. The Labute approximate surface area is 98.1 Å². The van der Waals surface area contributed by atoms with Crippen molar-refractivity contribution in [3.63, 3.8) is 0 Å². The highest BCUT2D eigenvalue weighted by atomic mass is 35.5. The van der Waals surface area contributed by atoms with E-state index in [1.807, 2.05) is 0 Å². The lowest BCUT2D eigenvalue weighted by atomic mass is 10.2. The molecule has 1 fully saturated rings. The van der Waals surface area contributed by atoms with Crippen LogP contribution in [0.4, 0.5) is 5.69 Å². The number of aliphatic carboxylic acids is 1. The summed E-state index contributed by atoms with van der Waals surface area (Å²) in [6.45, 7) is 0.653. The number of carboxylic acids is 1. The van der Waals surface area contributed by atoms with Crippen LogP contribution >= 0.6 is 11.6 Å². The fourth-order valence-electron chi connectivity index (χ4n) is 2.04. The van der Waals surface area contributed by atoms with E-state index in [0.717, 1.165) is 6.42 Å². The lowest BCUT2D eigenvalue weighted by molar-refractivity contribution is -0.138. The van der Waals surface area contributed by atoms with Crippen LogP contribution in [0.1, 0.15) is 12.8 Å². The second-order valence-electron chi connectivity index (χ2n) is 3.80. The summed E-state index contributed by atoms with van der Waals surface area (Å²) >= 11 is 5.96. The number of carbonyl (C=O) groups is 1. The van der Waals surface area contributed by atoms with Crippen LogP contribution in [0.25, 0.3) is 0 Å². The van der Waals surface area contributed by atoms with Gasteiger partial charge in [-0.15, -0.1) is 0 Å². The highest BCUT2D eigenvalue weighted by Crippen LogP contribution is 2.36. The van der Waals surface area contributed by atoms with Crippen LogP contribution in [-0.2, 0) is 4.79 Å². The molecule has 5 heteroatoms. The molecule has 1 saturated heterocycles. The monoisotopic (exact) mass is 241 g/mol. The molecule has 0 bridgehead atoms. The number of phenols is 1. The minimum absolute atomic E-state index is 0.0183. The molecule has 1 aliphatic rings. The fraction of sp³-hybridized carbons (Fsp3) is 0.364. The van der Waals surface area contributed by atoms with Crippen LogP contribution < -0.4 is 4.90 Å². The Morgan fingerprint density at radius 1 is 1.50 bits per heavy atom. The third-order valence-electron chi connectivity index (χ3n) is 2.81. The molecule has 1 aliphatic heterocycles. The Bertz CT molecular complexity index is 422. The van der Waals surface area contributed by atoms with E-state index in [0.29, 0.717) is 18.7 Å². The molecule has 4 nitrogen and oxygen atoms in total. The van der Waals surface area contributed by atoms with Gasteiger partial charge >= 0.3 is 5.97 Å². The zero-order valence-electron chi connectivity index (χ0n) is 8.56. The zero-order chi connectivity index (χ0) is 11.7. The highest BCUT2D eigenvalue weighted by Gasteiger charge is 2.31. The van der Waals surface area contributed by atoms with E-state index in [4.69, 9.17) is 16.7 Å². The number of hydrogen-bond donors (Lipinski definition) is 2. The summed E-state index contributed by atoms with van der Waals surface area (Å²) in [5.74, 6) is -0.868. The van der Waals surface area contributed by atoms with Crippen molar-refractivity contribution in [3.8, 4) is 5.75 Å². The molecule has 0 amide bonds. The van der Waals surface area contributed by atoms with Crippen molar-refractivity contribution in [3.05, 3.63) is 23.2 Å². The molecule has 1 aromatic carbocycles. The van der Waals surface area contributed by atoms with E-state index in [1.165, 1.54) is 6.07 Å². The van der Waals surface area contributed by atoms with Crippen molar-refractivity contribution in [1.82, 2.24) is 0 Å². The highest BCUT2D eigenvalue weighted by molar-refractivity contribution is 6.34. The number of nitrogens with zero attached hydrogens (tertiary/aromatic N) is 1. The van der Waals surface area contributed by atoms with Gasteiger partial charge in [0.05, 0.1) is 5.69 Å². The Balaban J connectivity index is 2.36. The molecule has 1 unspecified atom stereocenters. The standard InChI is InChI=1S/C11H12ClNO3/c12-10-7(3-1-5-9(10)14)13-6-2-4-8(13)11(15)16/h1,3,5,8,14H,2,4,6H2,(H,15,16). The van der Waals surface area contributed by atoms with Crippen molar-refractivity contribution in [1.29, 1.82) is 0 Å². The third kappa shape index (κ3) is 1.80. The molecule has 0 aromatic heterocycles. The van der Waals surface area contributed by atoms with Crippen LogP contribution in [0.3, 0.4) is 0 Å². The topological polar surface area (TPSA) is 60.8 Å². The molecule has 1 heterocycles. The van der Waals surface area contributed by atoms with Crippen molar-refractivity contribution in [2.45, 2.75) is 18.9 Å². The lowest BCUT2D eigenvalue weighted by Crippen LogP contribution is -2.36. The fourth-order valence-corrected chi connectivity index (χ4v) is 2.28. The molecule has 0 spiro atoms. The van der Waals surface area contributed by atoms with Gasteiger partial charge in [0.25, 0.3) is 0 Å². The van der Waals surface area contributed by atoms with Gasteiger partial charge in [-0.05, 0) is 25.0 Å². The third-order valence-corrected chi connectivity index (χ3v) is 3.19. The summed E-state index contributed by atoms with van der Waals surface area (Å²) in [4.78, 5) is 12.8. The average molecular weight is 242 g/mol. The summed E-state index contributed by atoms with van der Waals surface area (Å²) in [5.41, 5.74) is 0.589. The first-order valence-corrected chi connectivity index (χ1v) is 5.46. The molecule has 1 aromatic rings. The zero-order valence-corrected chi connectivity index (χ0v) is 9.31. The summed E-state index contributed by atoms with van der Waals surface area (Å²) < 4.78 is 0. The predicted octanol–water partition coefficient (Wildman–Crippen LogP) is 2.10. The summed E-state index contributed by atoms with van der Waals surface area (Å²) in [7, 11) is 0. The van der Waals surface area contributed by atoms with Gasteiger partial charge in [0.15, 0.2) is 0 Å². The first kappa shape index (κ1) is 11.1. The Hall–Kier alpha value is -1.42. The maximum atomic E-state index is 11.0. The minimum Gasteiger partial charge on any atom is -0.506 e. The molecular formula is C11H12ClNO3. The molecule has 0 saturated carbocycles. The second-order valence-corrected chi connectivity index (χ2v) is 4.18. The Morgan fingerprint density at radius 2 is 2.25 bits per heavy atom. The molecule has 16 heavy (non-hydrogen) atoms. The summed E-state index contributed by atoms with van der Waals surface area (Å²) in [5, 5.41) is 18.8. The number of carboxylic acid groups (broad SMARTS) is 1. The average Bonchev–Trinajstić information content (AvgIpc) is 2.70. The van der Waals surface area contributed by atoms with Gasteiger partial charge in [-0.3, -0.25) is 0 Å². The normalized spacial score (nSPS) is 20.1. The number of aromatic hydroxyl groups is 1. The van der Waals surface area contributed by atoms with Crippen molar-refractivity contribution in [2.24, 2.45) is 0 Å². The number of anilines is 1. The maximum Gasteiger partial charge on any atom is 0.326 e. The van der Waals surface area contributed by atoms with Gasteiger partial charge < -0.3 is 15.1 Å². The van der Waals surface area contributed by atoms with Gasteiger partial charge in [0.2, 0.25) is 0 Å². The van der Waals surface area contributed by atoms with Crippen LogP contribution in [0.15, 0.2) is 18.2 Å². The maximum absolute atomic E-state index is 11.0. The van der Waals surface area contributed by atoms with Crippen LogP contribution in [0, 0.1) is 0 Å². The van der Waals surface area contributed by atoms with Crippen LogP contribution in [-0.4, -0.2) is 28.8 Å². The Kier molecular flexibility index (Phi) is 2.92. The molecule has 1 atom stereocenters.